The standard InChI is InChI=1S/C25H35FN2O2/c1-18(2)9-13-28-14-10-20(11-15-28)24(17-21-7-5-6-8-23(21)26)27(4)25(29)22-12-16-30-19(22)3/h5-8,12,16,18,20,24H,9-11,13-15,17H2,1-4H3/t24-/m0/s1. The quantitative estimate of drug-likeness (QED) is 0.598. The average Bonchev–Trinajstić information content (AvgIpc) is 3.17. The van der Waals surface area contributed by atoms with Gasteiger partial charge in [0.1, 0.15) is 11.6 Å². The van der Waals surface area contributed by atoms with Gasteiger partial charge in [0.2, 0.25) is 0 Å². The summed E-state index contributed by atoms with van der Waals surface area (Å²) in [6, 6.07) is 8.60. The van der Waals surface area contributed by atoms with E-state index in [9.17, 15) is 9.18 Å². The lowest BCUT2D eigenvalue weighted by Crippen LogP contribution is -2.47. The van der Waals surface area contributed by atoms with Crippen LogP contribution < -0.4 is 0 Å². The maximum Gasteiger partial charge on any atom is 0.257 e. The van der Waals surface area contributed by atoms with Crippen LogP contribution in [0.1, 0.15) is 54.8 Å². The molecule has 0 spiro atoms. The van der Waals surface area contributed by atoms with E-state index in [2.05, 4.69) is 18.7 Å². The van der Waals surface area contributed by atoms with E-state index in [4.69, 9.17) is 4.42 Å². The second-order valence-electron chi connectivity index (χ2n) is 9.03. The fourth-order valence-electron chi connectivity index (χ4n) is 4.46. The lowest BCUT2D eigenvalue weighted by atomic mass is 9.84. The van der Waals surface area contributed by atoms with Crippen molar-refractivity contribution in [2.24, 2.45) is 11.8 Å². The second kappa shape index (κ2) is 10.3. The zero-order chi connectivity index (χ0) is 21.7. The molecule has 1 fully saturated rings. The van der Waals surface area contributed by atoms with Crippen LogP contribution in [0.2, 0.25) is 0 Å². The van der Waals surface area contributed by atoms with Gasteiger partial charge >= 0.3 is 0 Å². The summed E-state index contributed by atoms with van der Waals surface area (Å²) in [5, 5.41) is 0. The molecule has 0 aliphatic carbocycles. The zero-order valence-electron chi connectivity index (χ0n) is 18.7. The minimum absolute atomic E-state index is 0.0454. The molecule has 1 aromatic heterocycles. The number of piperidine rings is 1. The van der Waals surface area contributed by atoms with Gasteiger partial charge in [0.25, 0.3) is 5.91 Å². The molecule has 30 heavy (non-hydrogen) atoms. The zero-order valence-corrected chi connectivity index (χ0v) is 18.7. The van der Waals surface area contributed by atoms with Gasteiger partial charge in [-0.25, -0.2) is 4.39 Å². The molecule has 1 aliphatic heterocycles. The minimum atomic E-state index is -0.197. The smallest absolute Gasteiger partial charge is 0.257 e. The fourth-order valence-corrected chi connectivity index (χ4v) is 4.46. The Morgan fingerprint density at radius 3 is 2.53 bits per heavy atom. The highest BCUT2D eigenvalue weighted by atomic mass is 19.1. The Balaban J connectivity index is 1.75. The maximum absolute atomic E-state index is 14.4. The van der Waals surface area contributed by atoms with Gasteiger partial charge in [0.05, 0.1) is 11.8 Å². The highest BCUT2D eigenvalue weighted by molar-refractivity contribution is 5.95. The van der Waals surface area contributed by atoms with Crippen molar-refractivity contribution >= 4 is 5.91 Å². The van der Waals surface area contributed by atoms with Gasteiger partial charge in [0.15, 0.2) is 0 Å². The SMILES string of the molecule is Cc1occc1C(=O)N(C)[C@@H](Cc1ccccc1F)C1CCN(CCC(C)C)CC1. The third-order valence-corrected chi connectivity index (χ3v) is 6.49. The van der Waals surface area contributed by atoms with E-state index < -0.39 is 0 Å². The summed E-state index contributed by atoms with van der Waals surface area (Å²) in [6.45, 7) is 9.53. The highest BCUT2D eigenvalue weighted by Crippen LogP contribution is 2.28. The van der Waals surface area contributed by atoms with Crippen LogP contribution in [0, 0.1) is 24.6 Å². The molecule has 1 aliphatic rings. The fraction of sp³-hybridized carbons (Fsp3) is 0.560. The Bertz CT molecular complexity index is 824. The van der Waals surface area contributed by atoms with Crippen LogP contribution in [0.5, 0.6) is 0 Å². The van der Waals surface area contributed by atoms with Gasteiger partial charge in [-0.05, 0) is 81.8 Å². The number of furan rings is 1. The van der Waals surface area contributed by atoms with Crippen LogP contribution >= 0.6 is 0 Å². The van der Waals surface area contributed by atoms with Crippen molar-refractivity contribution in [1.82, 2.24) is 9.80 Å². The number of carbonyl (C=O) groups is 1. The normalized spacial score (nSPS) is 16.7. The molecule has 2 heterocycles. The summed E-state index contributed by atoms with van der Waals surface area (Å²) in [7, 11) is 1.85. The topological polar surface area (TPSA) is 36.7 Å². The molecule has 1 saturated heterocycles. The molecule has 4 nitrogen and oxygen atoms in total. The van der Waals surface area contributed by atoms with E-state index in [1.54, 1.807) is 25.3 Å². The Labute approximate surface area is 180 Å². The third kappa shape index (κ3) is 5.51. The number of halogens is 1. The summed E-state index contributed by atoms with van der Waals surface area (Å²) in [5.41, 5.74) is 1.26. The van der Waals surface area contributed by atoms with Crippen molar-refractivity contribution in [2.75, 3.05) is 26.7 Å². The lowest BCUT2D eigenvalue weighted by molar-refractivity contribution is 0.0584. The molecule has 0 radical (unpaired) electrons. The second-order valence-corrected chi connectivity index (χ2v) is 9.03. The molecule has 0 bridgehead atoms. The Morgan fingerprint density at radius 2 is 1.93 bits per heavy atom. The summed E-state index contributed by atoms with van der Waals surface area (Å²) in [4.78, 5) is 17.5. The van der Waals surface area contributed by atoms with E-state index in [1.165, 1.54) is 12.5 Å². The molecule has 2 aromatic rings. The molecular formula is C25H35FN2O2. The molecule has 1 atom stereocenters. The molecule has 0 N–H and O–H groups in total. The van der Waals surface area contributed by atoms with Gasteiger partial charge in [-0.15, -0.1) is 0 Å². The van der Waals surface area contributed by atoms with Gasteiger partial charge in [-0.1, -0.05) is 32.0 Å². The van der Waals surface area contributed by atoms with Gasteiger partial charge in [-0.3, -0.25) is 4.79 Å². The Kier molecular flexibility index (Phi) is 7.70. The average molecular weight is 415 g/mol. The molecule has 0 unspecified atom stereocenters. The molecule has 0 saturated carbocycles. The first kappa shape index (κ1) is 22.5. The van der Waals surface area contributed by atoms with Crippen molar-refractivity contribution in [3.63, 3.8) is 0 Å². The molecule has 1 amide bonds. The van der Waals surface area contributed by atoms with Crippen molar-refractivity contribution in [2.45, 2.75) is 52.5 Å². The number of likely N-dealkylation sites (tertiary alicyclic amines) is 1. The number of likely N-dealkylation sites (N-methyl/N-ethyl adjacent to an activating group) is 1. The molecule has 164 valence electrons. The van der Waals surface area contributed by atoms with Gasteiger partial charge in [0, 0.05) is 13.1 Å². The van der Waals surface area contributed by atoms with Crippen LogP contribution in [0.3, 0.4) is 0 Å². The number of carbonyl (C=O) groups excluding carboxylic acids is 1. The summed E-state index contributed by atoms with van der Waals surface area (Å²) >= 11 is 0. The Hall–Kier alpha value is -2.14. The number of amides is 1. The number of benzene rings is 1. The van der Waals surface area contributed by atoms with Gasteiger partial charge in [-0.2, -0.15) is 0 Å². The van der Waals surface area contributed by atoms with Crippen LogP contribution in [0.25, 0.3) is 0 Å². The first-order valence-electron chi connectivity index (χ1n) is 11.1. The summed E-state index contributed by atoms with van der Waals surface area (Å²) in [5.74, 6) is 1.43. The lowest BCUT2D eigenvalue weighted by Gasteiger charge is -2.40. The minimum Gasteiger partial charge on any atom is -0.469 e. The first-order chi connectivity index (χ1) is 14.4. The van der Waals surface area contributed by atoms with E-state index in [-0.39, 0.29) is 17.8 Å². The van der Waals surface area contributed by atoms with Crippen LogP contribution in [0.15, 0.2) is 41.0 Å². The maximum atomic E-state index is 14.4. The predicted octanol–water partition coefficient (Wildman–Crippen LogP) is 5.17. The highest BCUT2D eigenvalue weighted by Gasteiger charge is 2.33. The van der Waals surface area contributed by atoms with Crippen LogP contribution in [-0.4, -0.2) is 48.4 Å². The van der Waals surface area contributed by atoms with E-state index >= 15 is 0 Å². The van der Waals surface area contributed by atoms with Crippen molar-refractivity contribution in [1.29, 1.82) is 0 Å². The number of hydrogen-bond acceptors (Lipinski definition) is 3. The van der Waals surface area contributed by atoms with E-state index in [1.807, 2.05) is 24.1 Å². The van der Waals surface area contributed by atoms with Crippen LogP contribution in [-0.2, 0) is 6.42 Å². The van der Waals surface area contributed by atoms with Crippen molar-refractivity contribution in [3.05, 3.63) is 59.3 Å². The third-order valence-electron chi connectivity index (χ3n) is 6.49. The monoisotopic (exact) mass is 414 g/mol. The van der Waals surface area contributed by atoms with Crippen molar-refractivity contribution < 1.29 is 13.6 Å². The van der Waals surface area contributed by atoms with Gasteiger partial charge < -0.3 is 14.2 Å². The summed E-state index contributed by atoms with van der Waals surface area (Å²) in [6.07, 6.45) is 5.35. The van der Waals surface area contributed by atoms with Crippen molar-refractivity contribution in [3.8, 4) is 0 Å². The van der Waals surface area contributed by atoms with E-state index in [0.29, 0.717) is 35.1 Å². The summed E-state index contributed by atoms with van der Waals surface area (Å²) < 4.78 is 19.8. The molecular weight excluding hydrogens is 379 g/mol. The number of rotatable bonds is 8. The predicted molar refractivity (Wildman–Crippen MR) is 118 cm³/mol. The largest absolute Gasteiger partial charge is 0.469 e. The first-order valence-corrected chi connectivity index (χ1v) is 11.1. The number of hydrogen-bond donors (Lipinski definition) is 0. The number of nitrogens with zero attached hydrogens (tertiary/aromatic N) is 2. The molecule has 3 rings (SSSR count). The van der Waals surface area contributed by atoms with Crippen LogP contribution in [0.4, 0.5) is 4.39 Å². The molecule has 1 aromatic carbocycles. The molecule has 5 heteroatoms. The number of aryl methyl sites for hydroxylation is 1. The Morgan fingerprint density at radius 1 is 1.23 bits per heavy atom. The van der Waals surface area contributed by atoms with E-state index in [0.717, 1.165) is 32.5 Å².